The van der Waals surface area contributed by atoms with Crippen LogP contribution in [0.1, 0.15) is 22.6 Å². The van der Waals surface area contributed by atoms with Crippen molar-refractivity contribution in [3.8, 4) is 5.75 Å². The van der Waals surface area contributed by atoms with E-state index in [4.69, 9.17) is 10.5 Å². The Hall–Kier alpha value is -1.87. The number of fused-ring (bicyclic) bond motifs is 1. The van der Waals surface area contributed by atoms with Crippen LogP contribution in [0.3, 0.4) is 0 Å². The summed E-state index contributed by atoms with van der Waals surface area (Å²) in [6, 6.07) is 13.2. The quantitative estimate of drug-likeness (QED) is 0.907. The molecule has 104 valence electrons. The van der Waals surface area contributed by atoms with Gasteiger partial charge in [-0.3, -0.25) is 0 Å². The molecule has 2 aromatic rings. The molecule has 3 heteroatoms. The van der Waals surface area contributed by atoms with Crippen molar-refractivity contribution < 1.29 is 9.13 Å². The Morgan fingerprint density at radius 2 is 2.05 bits per heavy atom. The van der Waals surface area contributed by atoms with Crippen molar-refractivity contribution in [1.29, 1.82) is 0 Å². The SMILES string of the molecule is NCCc1cc(F)cc(OCC2Cc3ccccc32)c1. The Labute approximate surface area is 118 Å². The molecule has 1 atom stereocenters. The van der Waals surface area contributed by atoms with Crippen molar-refractivity contribution in [2.24, 2.45) is 5.73 Å². The first-order chi connectivity index (χ1) is 9.76. The van der Waals surface area contributed by atoms with E-state index in [-0.39, 0.29) is 5.82 Å². The van der Waals surface area contributed by atoms with Crippen LogP contribution in [-0.2, 0) is 12.8 Å². The minimum atomic E-state index is -0.264. The third-order valence-corrected chi connectivity index (χ3v) is 3.78. The fourth-order valence-electron chi connectivity index (χ4n) is 2.72. The van der Waals surface area contributed by atoms with Crippen LogP contribution in [0.15, 0.2) is 42.5 Å². The van der Waals surface area contributed by atoms with E-state index in [0.29, 0.717) is 31.2 Å². The van der Waals surface area contributed by atoms with Gasteiger partial charge in [0, 0.05) is 12.0 Å². The molecule has 0 saturated heterocycles. The molecule has 1 unspecified atom stereocenters. The van der Waals surface area contributed by atoms with Crippen LogP contribution >= 0.6 is 0 Å². The van der Waals surface area contributed by atoms with Crippen molar-refractivity contribution in [3.05, 3.63) is 65.0 Å². The molecule has 2 N–H and O–H groups in total. The maximum atomic E-state index is 13.5. The molecule has 0 radical (unpaired) electrons. The van der Waals surface area contributed by atoms with E-state index in [1.807, 2.05) is 12.1 Å². The third-order valence-electron chi connectivity index (χ3n) is 3.78. The molecule has 1 aliphatic carbocycles. The second kappa shape index (κ2) is 5.63. The summed E-state index contributed by atoms with van der Waals surface area (Å²) in [5.41, 5.74) is 9.13. The molecule has 0 bridgehead atoms. The highest BCUT2D eigenvalue weighted by Gasteiger charge is 2.25. The van der Waals surface area contributed by atoms with Gasteiger partial charge in [-0.15, -0.1) is 0 Å². The maximum Gasteiger partial charge on any atom is 0.127 e. The van der Waals surface area contributed by atoms with Crippen molar-refractivity contribution in [2.75, 3.05) is 13.2 Å². The summed E-state index contributed by atoms with van der Waals surface area (Å²) in [6.45, 7) is 1.11. The van der Waals surface area contributed by atoms with Gasteiger partial charge in [-0.2, -0.15) is 0 Å². The number of nitrogens with two attached hydrogens (primary N) is 1. The van der Waals surface area contributed by atoms with Gasteiger partial charge in [0.2, 0.25) is 0 Å². The molecule has 2 aromatic carbocycles. The first-order valence-corrected chi connectivity index (χ1v) is 6.96. The van der Waals surface area contributed by atoms with Gasteiger partial charge in [0.1, 0.15) is 11.6 Å². The summed E-state index contributed by atoms with van der Waals surface area (Å²) in [7, 11) is 0. The Bertz CT molecular complexity index is 612. The Morgan fingerprint density at radius 3 is 2.85 bits per heavy atom. The lowest BCUT2D eigenvalue weighted by molar-refractivity contribution is 0.274. The van der Waals surface area contributed by atoms with Gasteiger partial charge in [0.25, 0.3) is 0 Å². The molecule has 20 heavy (non-hydrogen) atoms. The average molecular weight is 271 g/mol. The Balaban J connectivity index is 1.65. The highest BCUT2D eigenvalue weighted by atomic mass is 19.1. The fraction of sp³-hybridized carbons (Fsp3) is 0.294. The molecule has 0 saturated carbocycles. The summed E-state index contributed by atoms with van der Waals surface area (Å²) in [4.78, 5) is 0. The number of halogens is 1. The van der Waals surface area contributed by atoms with Crippen LogP contribution in [0.5, 0.6) is 5.75 Å². The predicted molar refractivity (Wildman–Crippen MR) is 77.5 cm³/mol. The van der Waals surface area contributed by atoms with Crippen LogP contribution in [0.25, 0.3) is 0 Å². The monoisotopic (exact) mass is 271 g/mol. The predicted octanol–water partition coefficient (Wildman–Crippen LogP) is 3.05. The van der Waals surface area contributed by atoms with Crippen LogP contribution < -0.4 is 10.5 Å². The fourth-order valence-corrected chi connectivity index (χ4v) is 2.72. The molecule has 1 aliphatic rings. The van der Waals surface area contributed by atoms with Crippen molar-refractivity contribution in [3.63, 3.8) is 0 Å². The normalized spacial score (nSPS) is 16.4. The molecule has 0 fully saturated rings. The van der Waals surface area contributed by atoms with Crippen molar-refractivity contribution >= 4 is 0 Å². The van der Waals surface area contributed by atoms with E-state index >= 15 is 0 Å². The van der Waals surface area contributed by atoms with E-state index in [0.717, 1.165) is 12.0 Å². The zero-order chi connectivity index (χ0) is 13.9. The summed E-state index contributed by atoms with van der Waals surface area (Å²) in [5, 5.41) is 0. The van der Waals surface area contributed by atoms with Crippen LogP contribution in [0.4, 0.5) is 4.39 Å². The first kappa shape index (κ1) is 13.1. The van der Waals surface area contributed by atoms with Gasteiger partial charge >= 0.3 is 0 Å². The number of hydrogen-bond donors (Lipinski definition) is 1. The molecule has 0 aliphatic heterocycles. The van der Waals surface area contributed by atoms with Gasteiger partial charge < -0.3 is 10.5 Å². The molecular formula is C17H18FNO. The summed E-state index contributed by atoms with van der Waals surface area (Å²) < 4.78 is 19.2. The molecule has 2 nitrogen and oxygen atoms in total. The lowest BCUT2D eigenvalue weighted by Crippen LogP contribution is -2.23. The molecular weight excluding hydrogens is 253 g/mol. The van der Waals surface area contributed by atoms with E-state index in [1.165, 1.54) is 23.3 Å². The highest BCUT2D eigenvalue weighted by molar-refractivity contribution is 5.40. The number of benzene rings is 2. The van der Waals surface area contributed by atoms with Gasteiger partial charge in [-0.05, 0) is 48.2 Å². The minimum Gasteiger partial charge on any atom is -0.493 e. The molecule has 0 heterocycles. The number of rotatable bonds is 5. The largest absolute Gasteiger partial charge is 0.493 e. The van der Waals surface area contributed by atoms with E-state index in [2.05, 4.69) is 18.2 Å². The molecule has 0 spiro atoms. The second-order valence-electron chi connectivity index (χ2n) is 5.24. The topological polar surface area (TPSA) is 35.2 Å². The number of hydrogen-bond acceptors (Lipinski definition) is 2. The van der Waals surface area contributed by atoms with Crippen LogP contribution in [0, 0.1) is 5.82 Å². The maximum absolute atomic E-state index is 13.5. The zero-order valence-electron chi connectivity index (χ0n) is 11.3. The van der Waals surface area contributed by atoms with Gasteiger partial charge in [0.05, 0.1) is 6.61 Å². The first-order valence-electron chi connectivity index (χ1n) is 6.96. The third kappa shape index (κ3) is 2.68. The second-order valence-corrected chi connectivity index (χ2v) is 5.24. The average Bonchev–Trinajstić information content (AvgIpc) is 2.39. The van der Waals surface area contributed by atoms with Gasteiger partial charge in [-0.1, -0.05) is 24.3 Å². The minimum absolute atomic E-state index is 0.264. The lowest BCUT2D eigenvalue weighted by atomic mass is 9.78. The standard InChI is InChI=1S/C17H18FNO/c18-15-7-12(5-6-19)8-16(10-15)20-11-14-9-13-3-1-2-4-17(13)14/h1-4,7-8,10,14H,5-6,9,11,19H2. The Kier molecular flexibility index (Phi) is 3.70. The zero-order valence-corrected chi connectivity index (χ0v) is 11.3. The summed E-state index contributed by atoms with van der Waals surface area (Å²) in [6.07, 6.45) is 1.71. The number of ether oxygens (including phenoxy) is 1. The molecule has 3 rings (SSSR count). The van der Waals surface area contributed by atoms with E-state index < -0.39 is 0 Å². The Morgan fingerprint density at radius 1 is 1.20 bits per heavy atom. The van der Waals surface area contributed by atoms with Crippen molar-refractivity contribution in [1.82, 2.24) is 0 Å². The molecule has 0 aromatic heterocycles. The highest BCUT2D eigenvalue weighted by Crippen LogP contribution is 2.35. The van der Waals surface area contributed by atoms with Gasteiger partial charge in [-0.25, -0.2) is 4.39 Å². The smallest absolute Gasteiger partial charge is 0.127 e. The van der Waals surface area contributed by atoms with Crippen LogP contribution in [-0.4, -0.2) is 13.2 Å². The summed E-state index contributed by atoms with van der Waals surface area (Å²) >= 11 is 0. The summed E-state index contributed by atoms with van der Waals surface area (Å²) in [5.74, 6) is 0.755. The van der Waals surface area contributed by atoms with Crippen LogP contribution in [0.2, 0.25) is 0 Å². The lowest BCUT2D eigenvalue weighted by Gasteiger charge is -2.29. The van der Waals surface area contributed by atoms with E-state index in [9.17, 15) is 4.39 Å². The molecule has 0 amide bonds. The van der Waals surface area contributed by atoms with Gasteiger partial charge in [0.15, 0.2) is 0 Å². The van der Waals surface area contributed by atoms with Crippen molar-refractivity contribution in [2.45, 2.75) is 18.8 Å². The van der Waals surface area contributed by atoms with E-state index in [1.54, 1.807) is 0 Å².